The summed E-state index contributed by atoms with van der Waals surface area (Å²) in [4.78, 5) is 2.76. The lowest BCUT2D eigenvalue weighted by atomic mass is 9.77. The van der Waals surface area contributed by atoms with Crippen molar-refractivity contribution in [3.8, 4) is 0 Å². The number of nitrogens with zero attached hydrogens (tertiary/aromatic N) is 1. The maximum absolute atomic E-state index is 3.72. The third-order valence-electron chi connectivity index (χ3n) is 5.71. The molecule has 0 aromatic carbocycles. The summed E-state index contributed by atoms with van der Waals surface area (Å²) >= 11 is 0. The van der Waals surface area contributed by atoms with Crippen molar-refractivity contribution in [2.45, 2.75) is 99.1 Å². The molecule has 1 unspecified atom stereocenters. The Morgan fingerprint density at radius 3 is 1.91 bits per heavy atom. The zero-order chi connectivity index (χ0) is 16.8. The van der Waals surface area contributed by atoms with E-state index in [4.69, 9.17) is 0 Å². The topological polar surface area (TPSA) is 15.3 Å². The Morgan fingerprint density at radius 1 is 0.909 bits per heavy atom. The molecule has 1 N–H and O–H groups in total. The molecule has 0 aromatic heterocycles. The van der Waals surface area contributed by atoms with Gasteiger partial charge in [-0.1, -0.05) is 54.4 Å². The van der Waals surface area contributed by atoms with Gasteiger partial charge in [0.1, 0.15) is 0 Å². The number of rotatable bonds is 2. The van der Waals surface area contributed by atoms with Crippen molar-refractivity contribution in [1.29, 1.82) is 0 Å². The van der Waals surface area contributed by atoms with E-state index in [9.17, 15) is 0 Å². The Morgan fingerprint density at radius 2 is 1.45 bits per heavy atom. The van der Waals surface area contributed by atoms with Crippen LogP contribution in [0.25, 0.3) is 0 Å². The fraction of sp³-hybridized carbons (Fsp3) is 1.00. The smallest absolute Gasteiger partial charge is 0.0146 e. The summed E-state index contributed by atoms with van der Waals surface area (Å²) in [6.45, 7) is 18.6. The SMILES string of the molecule is CC.CC.CC.CC1C[C@@]2(CN3CC4(CCCC4)C3)C[C@H]2N1. The van der Waals surface area contributed by atoms with Crippen LogP contribution in [0.15, 0.2) is 0 Å². The number of hydrogen-bond acceptors (Lipinski definition) is 2. The molecule has 0 aromatic rings. The molecule has 22 heavy (non-hydrogen) atoms. The van der Waals surface area contributed by atoms with Crippen molar-refractivity contribution in [1.82, 2.24) is 10.2 Å². The van der Waals surface area contributed by atoms with Crippen LogP contribution in [-0.4, -0.2) is 36.6 Å². The van der Waals surface area contributed by atoms with Gasteiger partial charge in [0.15, 0.2) is 0 Å². The molecule has 132 valence electrons. The van der Waals surface area contributed by atoms with Crippen LogP contribution in [0, 0.1) is 10.8 Å². The number of likely N-dealkylation sites (tertiary alicyclic amines) is 1. The van der Waals surface area contributed by atoms with Crippen LogP contribution in [0.1, 0.15) is 87.0 Å². The van der Waals surface area contributed by atoms with Gasteiger partial charge in [0.05, 0.1) is 0 Å². The second kappa shape index (κ2) is 8.68. The molecule has 0 radical (unpaired) electrons. The molecule has 1 spiro atoms. The first kappa shape index (κ1) is 20.0. The lowest BCUT2D eigenvalue weighted by Crippen LogP contribution is -2.56. The molecule has 2 aliphatic carbocycles. The van der Waals surface area contributed by atoms with Gasteiger partial charge < -0.3 is 10.2 Å². The van der Waals surface area contributed by atoms with Gasteiger partial charge in [-0.25, -0.2) is 0 Å². The largest absolute Gasteiger partial charge is 0.311 e. The summed E-state index contributed by atoms with van der Waals surface area (Å²) in [6, 6.07) is 1.66. The van der Waals surface area contributed by atoms with E-state index in [2.05, 4.69) is 17.1 Å². The highest BCUT2D eigenvalue weighted by molar-refractivity contribution is 5.17. The van der Waals surface area contributed by atoms with E-state index >= 15 is 0 Å². The van der Waals surface area contributed by atoms with Crippen molar-refractivity contribution in [3.63, 3.8) is 0 Å². The molecule has 4 rings (SSSR count). The molecule has 2 heteroatoms. The van der Waals surface area contributed by atoms with Crippen LogP contribution >= 0.6 is 0 Å². The molecule has 4 fully saturated rings. The summed E-state index contributed by atoms with van der Waals surface area (Å²) < 4.78 is 0. The number of fused-ring (bicyclic) bond motifs is 1. The summed E-state index contributed by atoms with van der Waals surface area (Å²) in [5.41, 5.74) is 1.50. The monoisotopic (exact) mass is 310 g/mol. The highest BCUT2D eigenvalue weighted by atomic mass is 15.2. The molecule has 2 nitrogen and oxygen atoms in total. The summed E-state index contributed by atoms with van der Waals surface area (Å²) in [5, 5.41) is 3.72. The predicted molar refractivity (Wildman–Crippen MR) is 99.4 cm³/mol. The van der Waals surface area contributed by atoms with Gasteiger partial charge in [-0.05, 0) is 38.0 Å². The first-order valence-corrected chi connectivity index (χ1v) is 10.2. The van der Waals surface area contributed by atoms with Crippen LogP contribution in [0.5, 0.6) is 0 Å². The quantitative estimate of drug-likeness (QED) is 0.765. The van der Waals surface area contributed by atoms with Crippen molar-refractivity contribution in [2.75, 3.05) is 19.6 Å². The van der Waals surface area contributed by atoms with E-state index in [1.807, 2.05) is 41.5 Å². The Bertz CT molecular complexity index is 301. The molecule has 2 saturated heterocycles. The third-order valence-corrected chi connectivity index (χ3v) is 5.71. The number of piperidine rings is 1. The Labute approximate surface area is 140 Å². The average molecular weight is 311 g/mol. The van der Waals surface area contributed by atoms with E-state index in [0.717, 1.165) is 17.5 Å². The second-order valence-corrected chi connectivity index (χ2v) is 7.24. The van der Waals surface area contributed by atoms with Crippen molar-refractivity contribution >= 4 is 0 Å². The van der Waals surface area contributed by atoms with Crippen LogP contribution in [-0.2, 0) is 0 Å². The van der Waals surface area contributed by atoms with Gasteiger partial charge in [-0.2, -0.15) is 0 Å². The normalized spacial score (nSPS) is 36.7. The fourth-order valence-electron chi connectivity index (χ4n) is 4.96. The molecule has 4 aliphatic rings. The van der Waals surface area contributed by atoms with Crippen LogP contribution in [0.4, 0.5) is 0 Å². The molecule has 2 saturated carbocycles. The summed E-state index contributed by atoms with van der Waals surface area (Å²) in [6.07, 6.45) is 8.94. The molecular formula is C20H42N2. The van der Waals surface area contributed by atoms with Crippen LogP contribution in [0.2, 0.25) is 0 Å². The van der Waals surface area contributed by atoms with E-state index in [1.165, 1.54) is 58.2 Å². The molecule has 3 atom stereocenters. The minimum absolute atomic E-state index is 0.708. The molecule has 0 amide bonds. The second-order valence-electron chi connectivity index (χ2n) is 7.24. The van der Waals surface area contributed by atoms with Crippen molar-refractivity contribution < 1.29 is 0 Å². The standard InChI is InChI=1S/C14H24N2.3C2H6/c1-11-6-14(7-12(14)15-11)10-16-8-13(9-16)4-2-3-5-13;3*1-2/h11-12,15H,2-10H2,1H3;3*1-2H3/t11?,12-,14+;;;/m1.../s1. The first-order valence-electron chi connectivity index (χ1n) is 10.2. The summed E-state index contributed by atoms with van der Waals surface area (Å²) in [5.74, 6) is 0. The predicted octanol–water partition coefficient (Wildman–Crippen LogP) is 5.08. The van der Waals surface area contributed by atoms with Gasteiger partial charge in [0.2, 0.25) is 0 Å². The maximum atomic E-state index is 3.72. The highest BCUT2D eigenvalue weighted by Gasteiger charge is 2.61. The third kappa shape index (κ3) is 4.06. The zero-order valence-electron chi connectivity index (χ0n) is 16.5. The van der Waals surface area contributed by atoms with Gasteiger partial charge >= 0.3 is 0 Å². The highest BCUT2D eigenvalue weighted by Crippen LogP contribution is 2.56. The van der Waals surface area contributed by atoms with Gasteiger partial charge in [0, 0.05) is 37.1 Å². The minimum atomic E-state index is 0.708. The van der Waals surface area contributed by atoms with Crippen LogP contribution < -0.4 is 5.32 Å². The Kier molecular flexibility index (Phi) is 7.88. The fourth-order valence-corrected chi connectivity index (χ4v) is 4.96. The molecule has 2 aliphatic heterocycles. The van der Waals surface area contributed by atoms with Crippen molar-refractivity contribution in [3.05, 3.63) is 0 Å². The summed E-state index contributed by atoms with van der Waals surface area (Å²) in [7, 11) is 0. The van der Waals surface area contributed by atoms with E-state index in [-0.39, 0.29) is 0 Å². The van der Waals surface area contributed by atoms with E-state index in [0.29, 0.717) is 5.41 Å². The van der Waals surface area contributed by atoms with Crippen molar-refractivity contribution in [2.24, 2.45) is 10.8 Å². The average Bonchev–Trinajstić information content (AvgIpc) is 2.89. The maximum Gasteiger partial charge on any atom is 0.0146 e. The molecule has 0 bridgehead atoms. The van der Waals surface area contributed by atoms with Crippen LogP contribution in [0.3, 0.4) is 0 Å². The lowest BCUT2D eigenvalue weighted by Gasteiger charge is -2.49. The van der Waals surface area contributed by atoms with E-state index in [1.54, 1.807) is 0 Å². The Balaban J connectivity index is 0.000000365. The van der Waals surface area contributed by atoms with Gasteiger partial charge in [-0.15, -0.1) is 0 Å². The van der Waals surface area contributed by atoms with Gasteiger partial charge in [-0.3, -0.25) is 0 Å². The number of hydrogen-bond donors (Lipinski definition) is 1. The Hall–Kier alpha value is -0.0800. The molecule has 2 heterocycles. The lowest BCUT2D eigenvalue weighted by molar-refractivity contribution is -0.00843. The molecular weight excluding hydrogens is 268 g/mol. The first-order chi connectivity index (χ1) is 10.7. The van der Waals surface area contributed by atoms with Gasteiger partial charge in [0.25, 0.3) is 0 Å². The minimum Gasteiger partial charge on any atom is -0.311 e. The number of nitrogens with one attached hydrogen (secondary N) is 1. The van der Waals surface area contributed by atoms with E-state index < -0.39 is 0 Å². The zero-order valence-corrected chi connectivity index (χ0v) is 16.5.